The zero-order valence-electron chi connectivity index (χ0n) is 13.9. The van der Waals surface area contributed by atoms with Crippen molar-refractivity contribution in [2.75, 3.05) is 7.11 Å². The number of carbonyl (C=O) groups is 2. The number of methoxy groups -OCH3 is 1. The summed E-state index contributed by atoms with van der Waals surface area (Å²) in [5.74, 6) is -1.02. The summed E-state index contributed by atoms with van der Waals surface area (Å²) in [5.41, 5.74) is 1.23. The summed E-state index contributed by atoms with van der Waals surface area (Å²) in [6.45, 7) is 0.138. The fourth-order valence-corrected chi connectivity index (χ4v) is 2.76. The molecule has 0 heterocycles. The van der Waals surface area contributed by atoms with Crippen molar-refractivity contribution in [3.05, 3.63) is 69.5 Å². The SMILES string of the molecule is COC(=O)CC(NC(=O)NCc1ccc(F)c(Cl)c1)c1ccccc1Cl. The maximum Gasteiger partial charge on any atom is 0.315 e. The zero-order chi connectivity index (χ0) is 19.1. The van der Waals surface area contributed by atoms with Gasteiger partial charge in [-0.25, -0.2) is 9.18 Å². The van der Waals surface area contributed by atoms with Crippen LogP contribution in [0.1, 0.15) is 23.6 Å². The van der Waals surface area contributed by atoms with E-state index in [2.05, 4.69) is 15.4 Å². The van der Waals surface area contributed by atoms with Crippen LogP contribution in [-0.4, -0.2) is 19.1 Å². The summed E-state index contributed by atoms with van der Waals surface area (Å²) in [6, 6.07) is 9.88. The van der Waals surface area contributed by atoms with E-state index >= 15 is 0 Å². The van der Waals surface area contributed by atoms with Gasteiger partial charge in [-0.05, 0) is 29.3 Å². The molecular formula is C18H17Cl2FN2O3. The molecule has 5 nitrogen and oxygen atoms in total. The maximum atomic E-state index is 13.2. The summed E-state index contributed by atoms with van der Waals surface area (Å²) < 4.78 is 17.8. The predicted octanol–water partition coefficient (Wildman–Crippen LogP) is 4.24. The van der Waals surface area contributed by atoms with E-state index in [1.54, 1.807) is 24.3 Å². The largest absolute Gasteiger partial charge is 0.469 e. The fourth-order valence-electron chi connectivity index (χ4n) is 2.29. The van der Waals surface area contributed by atoms with Crippen molar-refractivity contribution in [1.82, 2.24) is 10.6 Å². The van der Waals surface area contributed by atoms with Crippen LogP contribution in [0.25, 0.3) is 0 Å². The maximum absolute atomic E-state index is 13.2. The topological polar surface area (TPSA) is 67.4 Å². The van der Waals surface area contributed by atoms with E-state index in [1.165, 1.54) is 25.3 Å². The Hall–Kier alpha value is -2.31. The fraction of sp³-hybridized carbons (Fsp3) is 0.222. The standard InChI is InChI=1S/C18H17Cl2FN2O3/c1-26-17(24)9-16(12-4-2-3-5-13(12)19)23-18(25)22-10-11-6-7-15(21)14(20)8-11/h2-8,16H,9-10H2,1H3,(H2,22,23,25). The van der Waals surface area contributed by atoms with E-state index in [-0.39, 0.29) is 18.0 Å². The number of hydrogen-bond acceptors (Lipinski definition) is 3. The first-order valence-electron chi connectivity index (χ1n) is 7.70. The first-order chi connectivity index (χ1) is 12.4. The van der Waals surface area contributed by atoms with E-state index < -0.39 is 23.9 Å². The monoisotopic (exact) mass is 398 g/mol. The summed E-state index contributed by atoms with van der Waals surface area (Å²) >= 11 is 11.9. The summed E-state index contributed by atoms with van der Waals surface area (Å²) in [5, 5.41) is 5.72. The number of rotatable bonds is 6. The number of halogens is 3. The highest BCUT2D eigenvalue weighted by Gasteiger charge is 2.21. The molecule has 8 heteroatoms. The third-order valence-electron chi connectivity index (χ3n) is 3.62. The smallest absolute Gasteiger partial charge is 0.315 e. The number of ether oxygens (including phenoxy) is 1. The van der Waals surface area contributed by atoms with Gasteiger partial charge in [-0.2, -0.15) is 0 Å². The molecule has 1 atom stereocenters. The third-order valence-corrected chi connectivity index (χ3v) is 4.26. The highest BCUT2D eigenvalue weighted by Crippen LogP contribution is 2.25. The van der Waals surface area contributed by atoms with Gasteiger partial charge in [0.1, 0.15) is 5.82 Å². The van der Waals surface area contributed by atoms with Crippen molar-refractivity contribution >= 4 is 35.2 Å². The van der Waals surface area contributed by atoms with E-state index in [0.29, 0.717) is 16.1 Å². The zero-order valence-corrected chi connectivity index (χ0v) is 15.4. The van der Waals surface area contributed by atoms with Crippen molar-refractivity contribution in [3.8, 4) is 0 Å². The van der Waals surface area contributed by atoms with Gasteiger partial charge in [-0.15, -0.1) is 0 Å². The normalized spacial score (nSPS) is 11.5. The van der Waals surface area contributed by atoms with Crippen LogP contribution in [0.15, 0.2) is 42.5 Å². The van der Waals surface area contributed by atoms with Crippen LogP contribution >= 0.6 is 23.2 Å². The van der Waals surface area contributed by atoms with Crippen LogP contribution in [0.5, 0.6) is 0 Å². The lowest BCUT2D eigenvalue weighted by atomic mass is 10.0. The predicted molar refractivity (Wildman–Crippen MR) is 97.6 cm³/mol. The Morgan fingerprint density at radius 3 is 2.54 bits per heavy atom. The molecule has 2 rings (SSSR count). The summed E-state index contributed by atoms with van der Waals surface area (Å²) in [7, 11) is 1.27. The number of hydrogen-bond donors (Lipinski definition) is 2. The average molecular weight is 399 g/mol. The number of amides is 2. The Kier molecular flexibility index (Phi) is 7.24. The highest BCUT2D eigenvalue weighted by molar-refractivity contribution is 6.31. The Bertz CT molecular complexity index is 802. The lowest BCUT2D eigenvalue weighted by molar-refractivity contribution is -0.141. The molecule has 0 spiro atoms. The van der Waals surface area contributed by atoms with Crippen molar-refractivity contribution in [1.29, 1.82) is 0 Å². The molecule has 0 radical (unpaired) electrons. The second kappa shape index (κ2) is 9.40. The van der Waals surface area contributed by atoms with Crippen molar-refractivity contribution in [3.63, 3.8) is 0 Å². The third kappa shape index (κ3) is 5.61. The number of carbonyl (C=O) groups excluding carboxylic acids is 2. The van der Waals surface area contributed by atoms with Crippen LogP contribution in [0, 0.1) is 5.82 Å². The van der Waals surface area contributed by atoms with Crippen LogP contribution in [0.2, 0.25) is 10.0 Å². The van der Waals surface area contributed by atoms with Gasteiger partial charge in [0, 0.05) is 11.6 Å². The first kappa shape index (κ1) is 20.0. The lowest BCUT2D eigenvalue weighted by Crippen LogP contribution is -2.38. The van der Waals surface area contributed by atoms with Crippen molar-refractivity contribution in [2.45, 2.75) is 19.0 Å². The lowest BCUT2D eigenvalue weighted by Gasteiger charge is -2.19. The molecule has 0 fully saturated rings. The molecule has 0 bridgehead atoms. The van der Waals surface area contributed by atoms with E-state index in [9.17, 15) is 14.0 Å². The molecule has 0 aromatic heterocycles. The number of urea groups is 1. The minimum Gasteiger partial charge on any atom is -0.469 e. The molecule has 0 saturated heterocycles. The van der Waals surface area contributed by atoms with E-state index in [0.717, 1.165) is 0 Å². The van der Waals surface area contributed by atoms with Crippen molar-refractivity contribution < 1.29 is 18.7 Å². The average Bonchev–Trinajstić information content (AvgIpc) is 2.62. The molecule has 2 amide bonds. The molecule has 1 unspecified atom stereocenters. The molecule has 138 valence electrons. The molecule has 2 N–H and O–H groups in total. The molecule has 0 aliphatic carbocycles. The van der Waals surface area contributed by atoms with E-state index in [1.807, 2.05) is 0 Å². The minimum absolute atomic E-state index is 0.0238. The van der Waals surface area contributed by atoms with E-state index in [4.69, 9.17) is 23.2 Å². The van der Waals surface area contributed by atoms with Gasteiger partial charge in [-0.1, -0.05) is 47.5 Å². The Balaban J connectivity index is 2.04. The van der Waals surface area contributed by atoms with Crippen LogP contribution in [0.3, 0.4) is 0 Å². The van der Waals surface area contributed by atoms with Gasteiger partial charge in [0.05, 0.1) is 24.6 Å². The molecule has 26 heavy (non-hydrogen) atoms. The van der Waals surface area contributed by atoms with Crippen LogP contribution in [-0.2, 0) is 16.1 Å². The molecular weight excluding hydrogens is 382 g/mol. The van der Waals surface area contributed by atoms with Crippen LogP contribution < -0.4 is 10.6 Å². The van der Waals surface area contributed by atoms with Crippen molar-refractivity contribution in [2.24, 2.45) is 0 Å². The molecule has 0 aliphatic heterocycles. The van der Waals surface area contributed by atoms with Gasteiger partial charge < -0.3 is 15.4 Å². The molecule has 2 aromatic rings. The van der Waals surface area contributed by atoms with Gasteiger partial charge in [0.25, 0.3) is 0 Å². The Morgan fingerprint density at radius 2 is 1.88 bits per heavy atom. The minimum atomic E-state index is -0.659. The highest BCUT2D eigenvalue weighted by atomic mass is 35.5. The quantitative estimate of drug-likeness (QED) is 0.715. The van der Waals surface area contributed by atoms with Gasteiger partial charge in [0.15, 0.2) is 0 Å². The van der Waals surface area contributed by atoms with Gasteiger partial charge in [-0.3, -0.25) is 4.79 Å². The molecule has 0 aliphatic rings. The Labute approximate surface area is 160 Å². The van der Waals surface area contributed by atoms with Gasteiger partial charge in [0.2, 0.25) is 0 Å². The Morgan fingerprint density at radius 1 is 1.15 bits per heavy atom. The summed E-state index contributed by atoms with van der Waals surface area (Å²) in [4.78, 5) is 23.9. The number of nitrogens with one attached hydrogen (secondary N) is 2. The van der Waals surface area contributed by atoms with Gasteiger partial charge >= 0.3 is 12.0 Å². The van der Waals surface area contributed by atoms with Crippen LogP contribution in [0.4, 0.5) is 9.18 Å². The first-order valence-corrected chi connectivity index (χ1v) is 8.46. The molecule has 2 aromatic carbocycles. The summed E-state index contributed by atoms with van der Waals surface area (Å²) in [6.07, 6.45) is -0.0734. The molecule has 0 saturated carbocycles. The number of benzene rings is 2. The second-order valence-corrected chi connectivity index (χ2v) is 6.24. The number of esters is 1. The second-order valence-electron chi connectivity index (χ2n) is 5.43.